The van der Waals surface area contributed by atoms with Gasteiger partial charge in [-0.1, -0.05) is 23.9 Å². The number of hydrogen-bond acceptors (Lipinski definition) is 4. The number of carbonyl (C=O) groups is 1. The van der Waals surface area contributed by atoms with Crippen molar-refractivity contribution in [3.63, 3.8) is 0 Å². The summed E-state index contributed by atoms with van der Waals surface area (Å²) in [5.41, 5.74) is 2.13. The van der Waals surface area contributed by atoms with E-state index < -0.39 is 23.4 Å². The van der Waals surface area contributed by atoms with Gasteiger partial charge in [0.2, 0.25) is 0 Å². The van der Waals surface area contributed by atoms with Gasteiger partial charge in [0.15, 0.2) is 16.8 Å². The summed E-state index contributed by atoms with van der Waals surface area (Å²) in [7, 11) is 0. The molecule has 0 unspecified atom stereocenters. The van der Waals surface area contributed by atoms with Crippen molar-refractivity contribution >= 4 is 28.8 Å². The van der Waals surface area contributed by atoms with Crippen LogP contribution in [0.2, 0.25) is 0 Å². The van der Waals surface area contributed by atoms with Crippen molar-refractivity contribution in [1.29, 1.82) is 0 Å². The Labute approximate surface area is 191 Å². The van der Waals surface area contributed by atoms with Crippen LogP contribution in [0.15, 0.2) is 59.8 Å². The van der Waals surface area contributed by atoms with E-state index in [1.807, 2.05) is 0 Å². The number of carbonyl (C=O) groups excluding carboxylic acids is 1. The van der Waals surface area contributed by atoms with Crippen molar-refractivity contribution < 1.29 is 27.1 Å². The topological polar surface area (TPSA) is 44.1 Å². The summed E-state index contributed by atoms with van der Waals surface area (Å²) in [5, 5.41) is 0.444. The lowest BCUT2D eigenvalue weighted by Gasteiger charge is -2.10. The molecule has 0 bridgehead atoms. The van der Waals surface area contributed by atoms with E-state index in [4.69, 9.17) is 4.74 Å². The molecule has 1 heterocycles. The third kappa shape index (κ3) is 5.03. The molecule has 170 valence electrons. The zero-order valence-electron chi connectivity index (χ0n) is 17.4. The fourth-order valence-electron chi connectivity index (χ4n) is 3.35. The van der Waals surface area contributed by atoms with Crippen molar-refractivity contribution in [3.05, 3.63) is 94.6 Å². The van der Waals surface area contributed by atoms with E-state index in [-0.39, 0.29) is 30.3 Å². The normalized spacial score (nSPS) is 11.2. The Morgan fingerprint density at radius 1 is 1.00 bits per heavy atom. The first-order chi connectivity index (χ1) is 15.9. The van der Waals surface area contributed by atoms with E-state index in [1.165, 1.54) is 12.1 Å². The SMILES string of the molecule is CCOC(=O)c1ccc2c(c1)nc(SCc1cc(F)c(F)cc1F)n2Cc1cccc(F)c1. The smallest absolute Gasteiger partial charge is 0.338 e. The Balaban J connectivity index is 1.72. The minimum Gasteiger partial charge on any atom is -0.462 e. The summed E-state index contributed by atoms with van der Waals surface area (Å²) < 4.78 is 61.5. The first kappa shape index (κ1) is 22.8. The molecule has 0 saturated heterocycles. The minimum atomic E-state index is -1.26. The third-order valence-corrected chi connectivity index (χ3v) is 5.93. The number of thioether (sulfide) groups is 1. The first-order valence-electron chi connectivity index (χ1n) is 10.0. The van der Waals surface area contributed by atoms with Crippen molar-refractivity contribution in [2.24, 2.45) is 0 Å². The number of hydrogen-bond donors (Lipinski definition) is 0. The van der Waals surface area contributed by atoms with Gasteiger partial charge in [0, 0.05) is 17.4 Å². The van der Waals surface area contributed by atoms with Crippen LogP contribution in [0, 0.1) is 23.3 Å². The Morgan fingerprint density at radius 3 is 2.55 bits per heavy atom. The van der Waals surface area contributed by atoms with E-state index >= 15 is 0 Å². The lowest BCUT2D eigenvalue weighted by Crippen LogP contribution is -2.05. The number of rotatable bonds is 7. The van der Waals surface area contributed by atoms with Gasteiger partial charge in [0.05, 0.1) is 29.7 Å². The molecule has 0 radical (unpaired) electrons. The second-order valence-electron chi connectivity index (χ2n) is 7.18. The third-order valence-electron chi connectivity index (χ3n) is 4.90. The average Bonchev–Trinajstić information content (AvgIpc) is 3.12. The molecular weight excluding hydrogens is 456 g/mol. The molecule has 0 aliphatic heterocycles. The molecule has 0 atom stereocenters. The molecule has 0 spiro atoms. The highest BCUT2D eigenvalue weighted by molar-refractivity contribution is 7.98. The van der Waals surface area contributed by atoms with Gasteiger partial charge in [-0.15, -0.1) is 0 Å². The number of nitrogens with zero attached hydrogens (tertiary/aromatic N) is 2. The Hall–Kier alpha value is -3.33. The monoisotopic (exact) mass is 474 g/mol. The fraction of sp³-hybridized carbons (Fsp3) is 0.167. The summed E-state index contributed by atoms with van der Waals surface area (Å²) in [6.07, 6.45) is 0. The number of halogens is 4. The predicted octanol–water partition coefficient (Wildman–Crippen LogP) is 6.11. The van der Waals surface area contributed by atoms with E-state index in [0.29, 0.717) is 33.4 Å². The molecule has 0 saturated carbocycles. The zero-order chi connectivity index (χ0) is 23.5. The molecule has 0 N–H and O–H groups in total. The lowest BCUT2D eigenvalue weighted by molar-refractivity contribution is 0.0526. The summed E-state index contributed by atoms with van der Waals surface area (Å²) in [4.78, 5) is 16.7. The molecule has 0 fully saturated rings. The standard InChI is InChI=1S/C24H18F4N2O2S/c1-2-32-23(31)15-6-7-22-21(10-15)29-24(30(22)12-14-4-3-5-17(25)8-14)33-13-16-9-19(27)20(28)11-18(16)26/h3-11H,2,12-13H2,1H3. The second-order valence-corrected chi connectivity index (χ2v) is 8.12. The van der Waals surface area contributed by atoms with Crippen LogP contribution in [0.1, 0.15) is 28.4 Å². The van der Waals surface area contributed by atoms with Crippen LogP contribution < -0.4 is 0 Å². The number of ether oxygens (including phenoxy) is 1. The zero-order valence-corrected chi connectivity index (χ0v) is 18.3. The maximum Gasteiger partial charge on any atom is 0.338 e. The van der Waals surface area contributed by atoms with Crippen LogP contribution in [0.3, 0.4) is 0 Å². The molecule has 0 aliphatic rings. The molecule has 4 nitrogen and oxygen atoms in total. The van der Waals surface area contributed by atoms with Gasteiger partial charge in [-0.05, 0) is 48.9 Å². The van der Waals surface area contributed by atoms with Crippen molar-refractivity contribution in [3.8, 4) is 0 Å². The van der Waals surface area contributed by atoms with E-state index in [9.17, 15) is 22.4 Å². The number of esters is 1. The van der Waals surface area contributed by atoms with Crippen molar-refractivity contribution in [1.82, 2.24) is 9.55 Å². The van der Waals surface area contributed by atoms with Gasteiger partial charge in [-0.2, -0.15) is 0 Å². The van der Waals surface area contributed by atoms with Gasteiger partial charge in [0.1, 0.15) is 11.6 Å². The lowest BCUT2D eigenvalue weighted by atomic mass is 10.2. The largest absolute Gasteiger partial charge is 0.462 e. The molecule has 3 aromatic carbocycles. The van der Waals surface area contributed by atoms with Gasteiger partial charge >= 0.3 is 5.97 Å². The van der Waals surface area contributed by atoms with Crippen LogP contribution in [0.4, 0.5) is 17.6 Å². The molecular formula is C24H18F4N2O2S. The number of benzene rings is 3. The average molecular weight is 474 g/mol. The quantitative estimate of drug-likeness (QED) is 0.140. The number of imidazole rings is 1. The maximum atomic E-state index is 14.1. The number of fused-ring (bicyclic) bond motifs is 1. The Morgan fingerprint density at radius 2 is 1.79 bits per heavy atom. The maximum absolute atomic E-state index is 14.1. The van der Waals surface area contributed by atoms with Gasteiger partial charge < -0.3 is 9.30 Å². The van der Waals surface area contributed by atoms with E-state index in [2.05, 4.69) is 4.98 Å². The Bertz CT molecular complexity index is 1340. The highest BCUT2D eigenvalue weighted by Gasteiger charge is 2.17. The van der Waals surface area contributed by atoms with E-state index in [1.54, 1.807) is 41.8 Å². The molecule has 33 heavy (non-hydrogen) atoms. The number of aromatic nitrogens is 2. The highest BCUT2D eigenvalue weighted by Crippen LogP contribution is 2.30. The summed E-state index contributed by atoms with van der Waals surface area (Å²) in [6.45, 7) is 2.19. The summed E-state index contributed by atoms with van der Waals surface area (Å²) in [6, 6.07) is 12.3. The molecule has 0 aliphatic carbocycles. The van der Waals surface area contributed by atoms with Crippen molar-refractivity contribution in [2.75, 3.05) is 6.61 Å². The molecule has 9 heteroatoms. The first-order valence-corrected chi connectivity index (χ1v) is 11.0. The molecule has 1 aromatic heterocycles. The Kier molecular flexibility index (Phi) is 6.69. The van der Waals surface area contributed by atoms with Gasteiger partial charge in [-0.3, -0.25) is 0 Å². The summed E-state index contributed by atoms with van der Waals surface area (Å²) >= 11 is 1.12. The van der Waals surface area contributed by atoms with Crippen LogP contribution >= 0.6 is 11.8 Å². The van der Waals surface area contributed by atoms with Crippen LogP contribution in [0.5, 0.6) is 0 Å². The van der Waals surface area contributed by atoms with E-state index in [0.717, 1.165) is 17.8 Å². The van der Waals surface area contributed by atoms with Crippen LogP contribution in [-0.2, 0) is 17.0 Å². The van der Waals surface area contributed by atoms with Crippen molar-refractivity contribution in [2.45, 2.75) is 24.4 Å². The van der Waals surface area contributed by atoms with Crippen LogP contribution in [0.25, 0.3) is 11.0 Å². The van der Waals surface area contributed by atoms with Gasteiger partial charge in [-0.25, -0.2) is 27.3 Å². The van der Waals surface area contributed by atoms with Gasteiger partial charge in [0.25, 0.3) is 0 Å². The van der Waals surface area contributed by atoms with Crippen LogP contribution in [-0.4, -0.2) is 22.1 Å². The fourth-order valence-corrected chi connectivity index (χ4v) is 4.33. The highest BCUT2D eigenvalue weighted by atomic mass is 32.2. The molecule has 4 rings (SSSR count). The molecule has 0 amide bonds. The minimum absolute atomic E-state index is 0.0137. The second kappa shape index (κ2) is 9.66. The predicted molar refractivity (Wildman–Crippen MR) is 117 cm³/mol. The summed E-state index contributed by atoms with van der Waals surface area (Å²) in [5.74, 6) is -4.15. The molecule has 4 aromatic rings.